The summed E-state index contributed by atoms with van der Waals surface area (Å²) in [5.74, 6) is -0.282. The number of carboxylic acids is 1. The first-order valence-electron chi connectivity index (χ1n) is 7.91. The van der Waals surface area contributed by atoms with Crippen LogP contribution in [0.25, 0.3) is 11.1 Å². The van der Waals surface area contributed by atoms with Gasteiger partial charge in [-0.15, -0.1) is 0 Å². The molecule has 0 unspecified atom stereocenters. The first-order valence-corrected chi connectivity index (χ1v) is 7.91. The maximum absolute atomic E-state index is 11.9. The lowest BCUT2D eigenvalue weighted by Crippen LogP contribution is -2.04. The molecule has 0 spiro atoms. The smallest absolute Gasteiger partial charge is 0.336 e. The number of methoxy groups -OCH3 is 1. The van der Waals surface area contributed by atoms with Gasteiger partial charge in [0.05, 0.1) is 5.57 Å². The molecule has 0 aliphatic carbocycles. The highest BCUT2D eigenvalue weighted by Crippen LogP contribution is 2.31. The Morgan fingerprint density at radius 3 is 2.21 bits per heavy atom. The van der Waals surface area contributed by atoms with Crippen LogP contribution in [0.4, 0.5) is 0 Å². The van der Waals surface area contributed by atoms with Gasteiger partial charge in [0.1, 0.15) is 5.75 Å². The number of ether oxygens (including phenoxy) is 2. The molecule has 0 aliphatic rings. The summed E-state index contributed by atoms with van der Waals surface area (Å²) < 4.78 is 10.2. The fourth-order valence-electron chi connectivity index (χ4n) is 2.57. The number of rotatable bonds is 8. The van der Waals surface area contributed by atoms with Gasteiger partial charge in [0.2, 0.25) is 0 Å². The fourth-order valence-corrected chi connectivity index (χ4v) is 2.57. The quantitative estimate of drug-likeness (QED) is 0.442. The van der Waals surface area contributed by atoms with Crippen LogP contribution in [0.1, 0.15) is 30.9 Å². The van der Waals surface area contributed by atoms with Crippen molar-refractivity contribution in [1.82, 2.24) is 0 Å². The summed E-state index contributed by atoms with van der Waals surface area (Å²) in [4.78, 5) is 11.9. The summed E-state index contributed by atoms with van der Waals surface area (Å²) in [6.45, 7) is 2.20. The van der Waals surface area contributed by atoms with Gasteiger partial charge in [-0.25, -0.2) is 4.79 Å². The second-order valence-corrected chi connectivity index (χ2v) is 5.35. The van der Waals surface area contributed by atoms with E-state index in [1.54, 1.807) is 31.4 Å². The van der Waals surface area contributed by atoms with E-state index in [0.29, 0.717) is 23.3 Å². The summed E-state index contributed by atoms with van der Waals surface area (Å²) in [5.41, 5.74) is 2.79. The van der Waals surface area contributed by atoms with Crippen LogP contribution in [0.3, 0.4) is 0 Å². The van der Waals surface area contributed by atoms with Crippen molar-refractivity contribution >= 4 is 17.1 Å². The van der Waals surface area contributed by atoms with Crippen LogP contribution in [0.5, 0.6) is 5.75 Å². The average Bonchev–Trinajstić information content (AvgIpc) is 2.61. The van der Waals surface area contributed by atoms with E-state index in [2.05, 4.69) is 0 Å². The molecule has 2 aromatic rings. The third-order valence-electron chi connectivity index (χ3n) is 3.62. The van der Waals surface area contributed by atoms with Crippen LogP contribution in [0.2, 0.25) is 0 Å². The average molecular weight is 326 g/mol. The van der Waals surface area contributed by atoms with Gasteiger partial charge in [-0.05, 0) is 35.3 Å². The molecule has 0 heterocycles. The van der Waals surface area contributed by atoms with Crippen molar-refractivity contribution in [2.24, 2.45) is 0 Å². The molecule has 0 aromatic heterocycles. The minimum absolute atomic E-state index is 0.159. The Bertz CT molecular complexity index is 687. The molecule has 0 bridgehead atoms. The van der Waals surface area contributed by atoms with E-state index in [4.69, 9.17) is 9.47 Å². The van der Waals surface area contributed by atoms with Gasteiger partial charge in [0.15, 0.2) is 6.79 Å². The Balaban J connectivity index is 2.47. The highest BCUT2D eigenvalue weighted by molar-refractivity contribution is 6.23. The standard InChI is InChI=1S/C20H22O4/c1-3-7-18(15-8-5-4-6-9-15)19(20(21)22)16-10-12-17(13-11-16)24-14-23-2/h4-6,8-13H,3,7,14H2,1-2H3,(H,21,22)/b19-18-. The maximum Gasteiger partial charge on any atom is 0.336 e. The van der Waals surface area contributed by atoms with Crippen molar-refractivity contribution in [3.05, 3.63) is 65.7 Å². The number of benzene rings is 2. The second-order valence-electron chi connectivity index (χ2n) is 5.35. The van der Waals surface area contributed by atoms with Crippen molar-refractivity contribution in [3.63, 3.8) is 0 Å². The number of carbonyl (C=O) groups is 1. The van der Waals surface area contributed by atoms with E-state index >= 15 is 0 Å². The molecule has 2 rings (SSSR count). The van der Waals surface area contributed by atoms with Crippen molar-refractivity contribution in [2.45, 2.75) is 19.8 Å². The Morgan fingerprint density at radius 2 is 1.67 bits per heavy atom. The zero-order valence-corrected chi connectivity index (χ0v) is 14.0. The first-order chi connectivity index (χ1) is 11.7. The Labute approximate surface area is 142 Å². The summed E-state index contributed by atoms with van der Waals surface area (Å²) in [6.07, 6.45) is 1.57. The van der Waals surface area contributed by atoms with Crippen LogP contribution >= 0.6 is 0 Å². The summed E-state index contributed by atoms with van der Waals surface area (Å²) in [7, 11) is 1.55. The lowest BCUT2D eigenvalue weighted by atomic mass is 9.91. The minimum atomic E-state index is -0.923. The molecule has 4 nitrogen and oxygen atoms in total. The highest BCUT2D eigenvalue weighted by atomic mass is 16.7. The van der Waals surface area contributed by atoms with Gasteiger partial charge in [-0.3, -0.25) is 0 Å². The SMILES string of the molecule is CCC/C(=C(/C(=O)O)c1ccc(OCOC)cc1)c1ccccc1. The van der Waals surface area contributed by atoms with E-state index in [1.807, 2.05) is 37.3 Å². The van der Waals surface area contributed by atoms with E-state index in [-0.39, 0.29) is 6.79 Å². The lowest BCUT2D eigenvalue weighted by Gasteiger charge is -2.13. The normalized spacial score (nSPS) is 11.8. The molecule has 126 valence electrons. The number of carboxylic acid groups (broad SMARTS) is 1. The van der Waals surface area contributed by atoms with Crippen LogP contribution in [0.15, 0.2) is 54.6 Å². The van der Waals surface area contributed by atoms with Gasteiger partial charge in [0, 0.05) is 7.11 Å². The third kappa shape index (κ3) is 4.46. The topological polar surface area (TPSA) is 55.8 Å². The molecule has 2 aromatic carbocycles. The Hall–Kier alpha value is -2.59. The molecule has 0 saturated carbocycles. The molecule has 0 atom stereocenters. The third-order valence-corrected chi connectivity index (χ3v) is 3.62. The lowest BCUT2D eigenvalue weighted by molar-refractivity contribution is -0.130. The van der Waals surface area contributed by atoms with Crippen molar-refractivity contribution in [2.75, 3.05) is 13.9 Å². The van der Waals surface area contributed by atoms with Crippen LogP contribution < -0.4 is 4.74 Å². The van der Waals surface area contributed by atoms with Crippen LogP contribution in [-0.2, 0) is 9.53 Å². The van der Waals surface area contributed by atoms with Crippen molar-refractivity contribution in [1.29, 1.82) is 0 Å². The van der Waals surface area contributed by atoms with Gasteiger partial charge < -0.3 is 14.6 Å². The molecule has 0 amide bonds. The van der Waals surface area contributed by atoms with Gasteiger partial charge in [-0.1, -0.05) is 55.8 Å². The fraction of sp³-hybridized carbons (Fsp3) is 0.250. The van der Waals surface area contributed by atoms with Crippen molar-refractivity contribution < 1.29 is 19.4 Å². The zero-order valence-electron chi connectivity index (χ0n) is 14.0. The summed E-state index contributed by atoms with van der Waals surface area (Å²) >= 11 is 0. The number of hydrogen-bond acceptors (Lipinski definition) is 3. The summed E-state index contributed by atoms with van der Waals surface area (Å²) in [5, 5.41) is 9.79. The van der Waals surface area contributed by atoms with Gasteiger partial charge in [-0.2, -0.15) is 0 Å². The van der Waals surface area contributed by atoms with E-state index < -0.39 is 5.97 Å². The molecule has 24 heavy (non-hydrogen) atoms. The zero-order chi connectivity index (χ0) is 17.4. The predicted molar refractivity (Wildman–Crippen MR) is 94.7 cm³/mol. The van der Waals surface area contributed by atoms with E-state index in [0.717, 1.165) is 17.6 Å². The van der Waals surface area contributed by atoms with Gasteiger partial charge in [0.25, 0.3) is 0 Å². The Morgan fingerprint density at radius 1 is 1.00 bits per heavy atom. The number of allylic oxidation sites excluding steroid dienone is 1. The highest BCUT2D eigenvalue weighted by Gasteiger charge is 2.17. The second kappa shape index (κ2) is 8.89. The number of aliphatic carboxylic acids is 1. The molecule has 0 radical (unpaired) electrons. The molecule has 0 saturated heterocycles. The molecule has 0 aliphatic heterocycles. The Kier molecular flexibility index (Phi) is 6.58. The van der Waals surface area contributed by atoms with Crippen molar-refractivity contribution in [3.8, 4) is 5.75 Å². The van der Waals surface area contributed by atoms with Crippen LogP contribution in [0, 0.1) is 0 Å². The number of hydrogen-bond donors (Lipinski definition) is 1. The largest absolute Gasteiger partial charge is 0.478 e. The molecule has 4 heteroatoms. The first kappa shape index (κ1) is 17.8. The maximum atomic E-state index is 11.9. The predicted octanol–water partition coefficient (Wildman–Crippen LogP) is 4.46. The van der Waals surface area contributed by atoms with Gasteiger partial charge >= 0.3 is 5.97 Å². The van der Waals surface area contributed by atoms with E-state index in [9.17, 15) is 9.90 Å². The van der Waals surface area contributed by atoms with Crippen LogP contribution in [-0.4, -0.2) is 25.0 Å². The monoisotopic (exact) mass is 326 g/mol. The molecular formula is C20H22O4. The minimum Gasteiger partial charge on any atom is -0.478 e. The summed E-state index contributed by atoms with van der Waals surface area (Å²) in [6, 6.07) is 16.7. The molecule has 1 N–H and O–H groups in total. The van der Waals surface area contributed by atoms with E-state index in [1.165, 1.54) is 0 Å². The molecular weight excluding hydrogens is 304 g/mol. The molecule has 0 fully saturated rings.